The van der Waals surface area contributed by atoms with Crippen molar-refractivity contribution in [2.45, 2.75) is 209 Å². The maximum absolute atomic E-state index is 6.76. The van der Waals surface area contributed by atoms with Gasteiger partial charge in [0.05, 0.1) is 102 Å². The Balaban J connectivity index is 1.34. The highest BCUT2D eigenvalue weighted by molar-refractivity contribution is 6.26. The predicted octanol–water partition coefficient (Wildman–Crippen LogP) is 31.0. The van der Waals surface area contributed by atoms with Crippen LogP contribution in [0.5, 0.6) is 46.0 Å². The van der Waals surface area contributed by atoms with Crippen molar-refractivity contribution < 1.29 is 37.9 Å². The Bertz CT molecular complexity index is 6360. The van der Waals surface area contributed by atoms with Crippen molar-refractivity contribution in [3.8, 4) is 136 Å². The minimum Gasteiger partial charge on any atom is -0.496 e. The number of rotatable bonds is 12. The molecule has 0 amide bonds. The summed E-state index contributed by atoms with van der Waals surface area (Å²) < 4.78 is 52.6. The summed E-state index contributed by atoms with van der Waals surface area (Å²) in [6.45, 7) is 55.8. The fourth-order valence-electron chi connectivity index (χ4n) is 19.1. The van der Waals surface area contributed by atoms with E-state index >= 15 is 0 Å². The third kappa shape index (κ3) is 14.9. The molecule has 17 rings (SSSR count). The summed E-state index contributed by atoms with van der Waals surface area (Å²) in [5.74, 6) is 5.51. The maximum Gasteiger partial charge on any atom is 0.126 e. The van der Waals surface area contributed by atoms with Crippen molar-refractivity contribution in [1.29, 1.82) is 0 Å². The molecule has 2 aromatic heterocycles. The predicted molar refractivity (Wildman–Crippen MR) is 539 cm³/mol. The Kier molecular flexibility index (Phi) is 21.1. The van der Waals surface area contributed by atoms with E-state index in [1.165, 1.54) is 44.5 Å². The highest BCUT2D eigenvalue weighted by Gasteiger charge is 2.37. The van der Waals surface area contributed by atoms with Gasteiger partial charge >= 0.3 is 0 Å². The van der Waals surface area contributed by atoms with E-state index in [1.54, 1.807) is 56.9 Å². The fraction of sp³-hybridized carbons (Fsp3) is 0.345. The molecular weight excluding hydrogens is 1580 g/mol. The number of nitrogens with one attached hydrogen (secondary N) is 2. The average molecular weight is 1700 g/mol. The summed E-state index contributed by atoms with van der Waals surface area (Å²) in [7, 11) is 14.1. The second-order valence-electron chi connectivity index (χ2n) is 43.7. The summed E-state index contributed by atoms with van der Waals surface area (Å²) in [6.07, 6.45) is 0. The number of benzene rings is 12. The lowest BCUT2D eigenvalue weighted by atomic mass is 9.78. The standard InChI is InChI=1S/C116H126N4O8/c1-109(2,3)65-41-61(42-66(49-65)110(4,5)6)97-101-81-53-73-75(91(123-27)35-33-89(73)121-25)55-83(81)103(117-101)98(62-43-67(111(7,8)9)50-68(44-62)112(10,11)12)105-85-57-77-79(95(127-31)39-37-93(77)125-29)59-87(85)107(119-105)100(64-47-71(115(19,20)21)52-72(48-64)116(22,23)24)108-88-60-80-78(94(126-30)38-40-96(80)128-32)58-86(88)106(120-108)99(63-45-69(113(13,14)15)51-70(46-63)114(16,17)18)104-84-56-76-74(54-82(84)102(97)118-104)90(122-26)34-36-92(76)124-28/h33-60,117,120H,1-32H3. The summed E-state index contributed by atoms with van der Waals surface area (Å²) in [5, 5.41) is 10.5. The molecule has 658 valence electrons. The zero-order chi connectivity index (χ0) is 92.0. The van der Waals surface area contributed by atoms with Crippen molar-refractivity contribution in [2.24, 2.45) is 0 Å². The lowest BCUT2D eigenvalue weighted by Gasteiger charge is -2.26. The molecule has 2 aliphatic heterocycles. The van der Waals surface area contributed by atoms with Gasteiger partial charge in [0.25, 0.3) is 0 Å². The first-order chi connectivity index (χ1) is 60.1. The van der Waals surface area contributed by atoms with Gasteiger partial charge in [-0.05, 0) is 207 Å². The Hall–Kier alpha value is -12.3. The minimum absolute atomic E-state index is 0.348. The monoisotopic (exact) mass is 1700 g/mol. The minimum atomic E-state index is -0.348. The van der Waals surface area contributed by atoms with Gasteiger partial charge in [-0.15, -0.1) is 0 Å². The molecule has 12 aromatic carbocycles. The van der Waals surface area contributed by atoms with Crippen LogP contribution in [-0.2, 0) is 43.3 Å². The molecule has 0 atom stereocenters. The molecule has 8 bridgehead atoms. The van der Waals surface area contributed by atoms with Crippen LogP contribution in [0.2, 0.25) is 0 Å². The molecule has 3 aliphatic rings. The molecule has 0 saturated heterocycles. The lowest BCUT2D eigenvalue weighted by molar-refractivity contribution is 0.410. The number of aromatic amines is 2. The smallest absolute Gasteiger partial charge is 0.126 e. The second-order valence-corrected chi connectivity index (χ2v) is 43.7. The maximum atomic E-state index is 6.76. The molecule has 0 spiro atoms. The first-order valence-electron chi connectivity index (χ1n) is 45.0. The van der Waals surface area contributed by atoms with Gasteiger partial charge in [0.15, 0.2) is 0 Å². The summed E-state index contributed by atoms with van der Waals surface area (Å²) >= 11 is 0. The van der Waals surface area contributed by atoms with Crippen LogP contribution >= 0.6 is 0 Å². The molecule has 0 radical (unpaired) electrons. The fourth-order valence-corrected chi connectivity index (χ4v) is 19.1. The number of hydrogen-bond acceptors (Lipinski definition) is 10. The molecular formula is C116H126N4O8. The third-order valence-corrected chi connectivity index (χ3v) is 26.9. The van der Waals surface area contributed by atoms with Gasteiger partial charge in [-0.3, -0.25) is 0 Å². The number of methoxy groups -OCH3 is 8. The summed E-state index contributed by atoms with van der Waals surface area (Å²) in [5.41, 5.74) is 23.7. The van der Waals surface area contributed by atoms with E-state index < -0.39 is 0 Å². The Morgan fingerprint density at radius 3 is 0.453 bits per heavy atom. The van der Waals surface area contributed by atoms with Crippen LogP contribution in [0.15, 0.2) is 170 Å². The number of aromatic nitrogens is 4. The Labute approximate surface area is 756 Å². The molecule has 12 heteroatoms. The van der Waals surface area contributed by atoms with Crippen LogP contribution < -0.4 is 37.9 Å². The van der Waals surface area contributed by atoms with Crippen molar-refractivity contribution >= 4 is 86.7 Å². The van der Waals surface area contributed by atoms with Crippen molar-refractivity contribution in [3.05, 3.63) is 214 Å². The molecule has 1 aliphatic carbocycles. The van der Waals surface area contributed by atoms with Gasteiger partial charge in [0.1, 0.15) is 46.0 Å². The molecule has 4 heterocycles. The van der Waals surface area contributed by atoms with E-state index in [9.17, 15) is 0 Å². The molecule has 0 saturated carbocycles. The SMILES string of the molecule is COc1ccc(OC)c2cc3c(cc12)-c1nc-3c(-c2cc(C(C)(C)C)cc(C(C)(C)C)c2)c2[nH]c(c(-c3cc(C(C)(C)C)cc(C(C)(C)C)c3)c3nc(c(-c4cc(C(C)(C)C)cc(C(C)(C)C)c4)c4[nH]c(c1-c1cc(C(C)(C)C)cc(C(C)(C)C)c1)c1cc5c(OC)ccc(OC)c5cc41)-c1cc4c(OC)ccc(OC)c4cc1-3)c1cc3c(OC)ccc(OC)c3cc21. The van der Waals surface area contributed by atoms with Crippen LogP contribution in [-0.4, -0.2) is 76.8 Å². The van der Waals surface area contributed by atoms with Crippen molar-refractivity contribution in [3.63, 3.8) is 0 Å². The number of hydrogen-bond donors (Lipinski definition) is 2. The third-order valence-electron chi connectivity index (χ3n) is 26.9. The molecule has 2 N–H and O–H groups in total. The second kappa shape index (κ2) is 30.7. The zero-order valence-electron chi connectivity index (χ0n) is 81.3. The quantitative estimate of drug-likeness (QED) is 0.122. The van der Waals surface area contributed by atoms with E-state index in [4.69, 9.17) is 47.9 Å². The van der Waals surface area contributed by atoms with Gasteiger partial charge in [-0.2, -0.15) is 0 Å². The number of fused-ring (bicyclic) bond motifs is 4. The van der Waals surface area contributed by atoms with Crippen molar-refractivity contribution in [2.75, 3.05) is 56.9 Å². The first kappa shape index (κ1) is 87.8. The highest BCUT2D eigenvalue weighted by Crippen LogP contribution is 2.58. The number of ether oxygens (including phenoxy) is 8. The Morgan fingerprint density at radius 2 is 0.320 bits per heavy atom. The molecule has 0 unspecified atom stereocenters. The largest absolute Gasteiger partial charge is 0.496 e. The van der Waals surface area contributed by atoms with E-state index in [1.807, 2.05) is 48.5 Å². The summed E-state index contributed by atoms with van der Waals surface area (Å²) in [6, 6.07) is 64.0. The number of nitrogens with zero attached hydrogens (tertiary/aromatic N) is 2. The van der Waals surface area contributed by atoms with E-state index in [0.29, 0.717) is 46.0 Å². The summed E-state index contributed by atoms with van der Waals surface area (Å²) in [4.78, 5) is 22.7. The lowest BCUT2D eigenvalue weighted by Crippen LogP contribution is -2.16. The van der Waals surface area contributed by atoms with Gasteiger partial charge in [-0.25, -0.2) is 9.97 Å². The molecule has 12 nitrogen and oxygen atoms in total. The van der Waals surface area contributed by atoms with Crippen LogP contribution in [0, 0.1) is 0 Å². The van der Waals surface area contributed by atoms with Gasteiger partial charge < -0.3 is 47.9 Å². The van der Waals surface area contributed by atoms with Gasteiger partial charge in [0.2, 0.25) is 0 Å². The highest BCUT2D eigenvalue weighted by atomic mass is 16.5. The normalized spacial score (nSPS) is 13.0. The average Bonchev–Trinajstić information content (AvgIpc) is 1.54. The first-order valence-corrected chi connectivity index (χ1v) is 45.0. The topological polar surface area (TPSA) is 131 Å². The van der Waals surface area contributed by atoms with Crippen LogP contribution in [0.3, 0.4) is 0 Å². The van der Waals surface area contributed by atoms with E-state index in [-0.39, 0.29) is 43.3 Å². The number of H-pyrrole nitrogens is 2. The van der Waals surface area contributed by atoms with Crippen LogP contribution in [0.1, 0.15) is 211 Å². The van der Waals surface area contributed by atoms with Gasteiger partial charge in [0, 0.05) is 109 Å². The van der Waals surface area contributed by atoms with Gasteiger partial charge in [-0.1, -0.05) is 239 Å². The van der Waals surface area contributed by atoms with E-state index in [0.717, 1.165) is 176 Å². The van der Waals surface area contributed by atoms with Crippen LogP contribution in [0.25, 0.3) is 176 Å². The Morgan fingerprint density at radius 1 is 0.180 bits per heavy atom. The van der Waals surface area contributed by atoms with E-state index in [2.05, 4.69) is 297 Å². The van der Waals surface area contributed by atoms with Crippen LogP contribution in [0.4, 0.5) is 0 Å². The molecule has 128 heavy (non-hydrogen) atoms. The molecule has 0 fully saturated rings. The molecule has 14 aromatic rings. The van der Waals surface area contributed by atoms with Crippen molar-refractivity contribution in [1.82, 2.24) is 19.9 Å². The zero-order valence-corrected chi connectivity index (χ0v) is 81.3.